The third-order valence-corrected chi connectivity index (χ3v) is 5.05. The standard InChI is InChI=1S/C20H22ClN3O4/c21-17-3-1-14(2-4-17)11-22-18(25)19(26)23-12-15-5-8-24(9-6-15)20(27)16-7-10-28-13-16/h1-4,7,10,13,15H,5-6,8-9,11-12H2,(H,22,25)(H,23,26). The van der Waals surface area contributed by atoms with Crippen LogP contribution in [0, 0.1) is 5.92 Å². The topological polar surface area (TPSA) is 91.7 Å². The molecular weight excluding hydrogens is 382 g/mol. The van der Waals surface area contributed by atoms with E-state index in [0.29, 0.717) is 30.2 Å². The van der Waals surface area contributed by atoms with Crippen molar-refractivity contribution in [2.75, 3.05) is 19.6 Å². The summed E-state index contributed by atoms with van der Waals surface area (Å²) in [5.74, 6) is -1.12. The largest absolute Gasteiger partial charge is 0.472 e. The molecule has 0 atom stereocenters. The highest BCUT2D eigenvalue weighted by Crippen LogP contribution is 2.18. The van der Waals surface area contributed by atoms with Gasteiger partial charge in [-0.25, -0.2) is 0 Å². The van der Waals surface area contributed by atoms with Crippen LogP contribution in [-0.4, -0.2) is 42.3 Å². The molecule has 2 N–H and O–H groups in total. The molecule has 2 heterocycles. The summed E-state index contributed by atoms with van der Waals surface area (Å²) in [5.41, 5.74) is 1.41. The Morgan fingerprint density at radius 1 is 1.04 bits per heavy atom. The Bertz CT molecular complexity index is 812. The molecule has 7 nitrogen and oxygen atoms in total. The van der Waals surface area contributed by atoms with Crippen molar-refractivity contribution in [1.29, 1.82) is 0 Å². The fourth-order valence-corrected chi connectivity index (χ4v) is 3.22. The number of hydrogen-bond acceptors (Lipinski definition) is 4. The predicted octanol–water partition coefficient (Wildman–Crippen LogP) is 2.22. The Labute approximate surface area is 168 Å². The van der Waals surface area contributed by atoms with Gasteiger partial charge in [0.2, 0.25) is 0 Å². The highest BCUT2D eigenvalue weighted by molar-refractivity contribution is 6.35. The van der Waals surface area contributed by atoms with Crippen molar-refractivity contribution in [3.8, 4) is 0 Å². The van der Waals surface area contributed by atoms with Crippen LogP contribution in [0.3, 0.4) is 0 Å². The molecule has 1 aromatic carbocycles. The second-order valence-corrected chi connectivity index (χ2v) is 7.20. The lowest BCUT2D eigenvalue weighted by molar-refractivity contribution is -0.139. The van der Waals surface area contributed by atoms with Gasteiger partial charge in [-0.3, -0.25) is 14.4 Å². The van der Waals surface area contributed by atoms with E-state index in [2.05, 4.69) is 10.6 Å². The van der Waals surface area contributed by atoms with Crippen molar-refractivity contribution in [1.82, 2.24) is 15.5 Å². The van der Waals surface area contributed by atoms with E-state index in [9.17, 15) is 14.4 Å². The number of halogens is 1. The van der Waals surface area contributed by atoms with Crippen molar-refractivity contribution >= 4 is 29.3 Å². The molecule has 8 heteroatoms. The average Bonchev–Trinajstić information content (AvgIpc) is 3.26. The van der Waals surface area contributed by atoms with Crippen LogP contribution in [0.5, 0.6) is 0 Å². The van der Waals surface area contributed by atoms with Crippen LogP contribution in [-0.2, 0) is 16.1 Å². The maximum Gasteiger partial charge on any atom is 0.309 e. The second-order valence-electron chi connectivity index (χ2n) is 6.77. The average molecular weight is 404 g/mol. The third kappa shape index (κ3) is 5.36. The van der Waals surface area contributed by atoms with Crippen molar-refractivity contribution in [2.45, 2.75) is 19.4 Å². The number of benzene rings is 1. The van der Waals surface area contributed by atoms with Gasteiger partial charge in [-0.1, -0.05) is 23.7 Å². The molecule has 0 aliphatic carbocycles. The zero-order chi connectivity index (χ0) is 19.9. The summed E-state index contributed by atoms with van der Waals surface area (Å²) in [6.45, 7) is 1.92. The van der Waals surface area contributed by atoms with Gasteiger partial charge in [0.25, 0.3) is 5.91 Å². The Morgan fingerprint density at radius 2 is 1.71 bits per heavy atom. The van der Waals surface area contributed by atoms with Crippen molar-refractivity contribution < 1.29 is 18.8 Å². The van der Waals surface area contributed by atoms with E-state index in [0.717, 1.165) is 18.4 Å². The normalized spacial score (nSPS) is 14.5. The summed E-state index contributed by atoms with van der Waals surface area (Å²) in [4.78, 5) is 37.9. The molecule has 0 unspecified atom stereocenters. The van der Waals surface area contributed by atoms with Crippen LogP contribution in [0.15, 0.2) is 47.3 Å². The number of likely N-dealkylation sites (tertiary alicyclic amines) is 1. The number of nitrogens with one attached hydrogen (secondary N) is 2. The molecule has 28 heavy (non-hydrogen) atoms. The highest BCUT2D eigenvalue weighted by atomic mass is 35.5. The minimum absolute atomic E-state index is 0.0437. The number of rotatable bonds is 5. The first-order valence-electron chi connectivity index (χ1n) is 9.15. The molecule has 1 aliphatic rings. The molecule has 1 aromatic heterocycles. The monoisotopic (exact) mass is 403 g/mol. The smallest absolute Gasteiger partial charge is 0.309 e. The van der Waals surface area contributed by atoms with Crippen LogP contribution >= 0.6 is 11.6 Å². The highest BCUT2D eigenvalue weighted by Gasteiger charge is 2.25. The van der Waals surface area contributed by atoms with Gasteiger partial charge in [0.05, 0.1) is 11.8 Å². The predicted molar refractivity (Wildman–Crippen MR) is 104 cm³/mol. The van der Waals surface area contributed by atoms with Gasteiger partial charge in [-0.2, -0.15) is 0 Å². The number of carbonyl (C=O) groups is 3. The van der Waals surface area contributed by atoms with E-state index in [1.807, 2.05) is 0 Å². The number of piperidine rings is 1. The first kappa shape index (κ1) is 19.9. The van der Waals surface area contributed by atoms with E-state index in [1.54, 1.807) is 35.2 Å². The molecule has 0 bridgehead atoms. The van der Waals surface area contributed by atoms with Crippen LogP contribution in [0.1, 0.15) is 28.8 Å². The molecular formula is C20H22ClN3O4. The summed E-state index contributed by atoms with van der Waals surface area (Å²) in [6, 6.07) is 8.69. The van der Waals surface area contributed by atoms with Crippen LogP contribution in [0.25, 0.3) is 0 Å². The molecule has 0 radical (unpaired) electrons. The molecule has 0 spiro atoms. The van der Waals surface area contributed by atoms with E-state index in [4.69, 9.17) is 16.0 Å². The molecule has 1 fully saturated rings. The van der Waals surface area contributed by atoms with E-state index in [-0.39, 0.29) is 18.4 Å². The third-order valence-electron chi connectivity index (χ3n) is 4.79. The first-order valence-corrected chi connectivity index (χ1v) is 9.52. The van der Waals surface area contributed by atoms with Crippen LogP contribution in [0.4, 0.5) is 0 Å². The molecule has 1 saturated heterocycles. The van der Waals surface area contributed by atoms with E-state index >= 15 is 0 Å². The molecule has 3 amide bonds. The Kier molecular flexibility index (Phi) is 6.71. The van der Waals surface area contributed by atoms with Gasteiger partial charge < -0.3 is 20.0 Å². The van der Waals surface area contributed by atoms with Gasteiger partial charge in [0, 0.05) is 31.2 Å². The molecule has 3 rings (SSSR count). The summed E-state index contributed by atoms with van der Waals surface area (Å²) in [5, 5.41) is 5.88. The van der Waals surface area contributed by atoms with Gasteiger partial charge in [0.15, 0.2) is 0 Å². The fraction of sp³-hybridized carbons (Fsp3) is 0.350. The molecule has 0 saturated carbocycles. The number of nitrogens with zero attached hydrogens (tertiary/aromatic N) is 1. The van der Waals surface area contributed by atoms with Gasteiger partial charge in [-0.15, -0.1) is 0 Å². The summed E-state index contributed by atoms with van der Waals surface area (Å²) >= 11 is 5.81. The molecule has 1 aliphatic heterocycles. The summed E-state index contributed by atoms with van der Waals surface area (Å²) in [7, 11) is 0. The van der Waals surface area contributed by atoms with Gasteiger partial charge in [0.1, 0.15) is 6.26 Å². The number of hydrogen-bond donors (Lipinski definition) is 2. The zero-order valence-corrected chi connectivity index (χ0v) is 16.1. The maximum atomic E-state index is 12.3. The summed E-state index contributed by atoms with van der Waals surface area (Å²) in [6.07, 6.45) is 4.47. The lowest BCUT2D eigenvalue weighted by Gasteiger charge is -2.31. The maximum absolute atomic E-state index is 12.3. The number of amides is 3. The molecule has 148 valence electrons. The Morgan fingerprint density at radius 3 is 2.36 bits per heavy atom. The Hall–Kier alpha value is -2.80. The van der Waals surface area contributed by atoms with Gasteiger partial charge in [-0.05, 0) is 42.5 Å². The lowest BCUT2D eigenvalue weighted by atomic mass is 9.96. The minimum Gasteiger partial charge on any atom is -0.472 e. The SMILES string of the molecule is O=C(NCc1ccc(Cl)cc1)C(=O)NCC1CCN(C(=O)c2ccoc2)CC1. The van der Waals surface area contributed by atoms with Crippen molar-refractivity contribution in [3.05, 3.63) is 59.0 Å². The second kappa shape index (κ2) is 9.41. The van der Waals surface area contributed by atoms with Gasteiger partial charge >= 0.3 is 11.8 Å². The van der Waals surface area contributed by atoms with Crippen molar-refractivity contribution in [3.63, 3.8) is 0 Å². The van der Waals surface area contributed by atoms with E-state index < -0.39 is 11.8 Å². The molecule has 2 aromatic rings. The number of carbonyl (C=O) groups excluding carboxylic acids is 3. The zero-order valence-electron chi connectivity index (χ0n) is 15.3. The van der Waals surface area contributed by atoms with E-state index in [1.165, 1.54) is 12.5 Å². The quantitative estimate of drug-likeness (QED) is 0.749. The first-order chi connectivity index (χ1) is 13.5. The lowest BCUT2D eigenvalue weighted by Crippen LogP contribution is -2.44. The van der Waals surface area contributed by atoms with Crippen LogP contribution < -0.4 is 10.6 Å². The van der Waals surface area contributed by atoms with Crippen molar-refractivity contribution in [2.24, 2.45) is 5.92 Å². The number of furan rings is 1. The van der Waals surface area contributed by atoms with Crippen LogP contribution in [0.2, 0.25) is 5.02 Å². The Balaban J connectivity index is 1.36. The summed E-state index contributed by atoms with van der Waals surface area (Å²) < 4.78 is 4.95. The minimum atomic E-state index is -0.664. The fourth-order valence-electron chi connectivity index (χ4n) is 3.09.